The fourth-order valence-corrected chi connectivity index (χ4v) is 1.24. The molecule has 1 rings (SSSR count). The molecule has 3 nitrogen and oxygen atoms in total. The quantitative estimate of drug-likeness (QED) is 0.615. The van der Waals surface area contributed by atoms with Crippen LogP contribution in [-0.2, 0) is 7.05 Å². The van der Waals surface area contributed by atoms with Crippen LogP contribution in [0.4, 0.5) is 0 Å². The SMILES string of the molecule is [CH2]CCSc1cn(C)nn1. The minimum Gasteiger partial charge on any atom is -0.254 e. The monoisotopic (exact) mass is 156 g/mol. The number of rotatable bonds is 3. The molecule has 0 N–H and O–H groups in total. The summed E-state index contributed by atoms with van der Waals surface area (Å²) < 4.78 is 1.70. The van der Waals surface area contributed by atoms with Crippen molar-refractivity contribution in [2.45, 2.75) is 11.4 Å². The topological polar surface area (TPSA) is 30.7 Å². The Morgan fingerprint density at radius 3 is 3.10 bits per heavy atom. The van der Waals surface area contributed by atoms with E-state index in [1.54, 1.807) is 16.4 Å². The van der Waals surface area contributed by atoms with Crippen molar-refractivity contribution >= 4 is 11.8 Å². The van der Waals surface area contributed by atoms with Gasteiger partial charge in [-0.15, -0.1) is 16.9 Å². The molecule has 0 bridgehead atoms. The molecule has 0 amide bonds. The first kappa shape index (κ1) is 7.60. The van der Waals surface area contributed by atoms with Gasteiger partial charge in [-0.25, -0.2) is 0 Å². The van der Waals surface area contributed by atoms with E-state index in [9.17, 15) is 0 Å². The summed E-state index contributed by atoms with van der Waals surface area (Å²) in [6.45, 7) is 3.73. The summed E-state index contributed by atoms with van der Waals surface area (Å²) in [7, 11) is 1.86. The molecule has 0 saturated carbocycles. The third-order valence-corrected chi connectivity index (χ3v) is 1.95. The lowest BCUT2D eigenvalue weighted by atomic mass is 10.6. The summed E-state index contributed by atoms with van der Waals surface area (Å²) in [5.41, 5.74) is 0. The molecular formula is C6H10N3S. The van der Waals surface area contributed by atoms with Crippen molar-refractivity contribution in [2.75, 3.05) is 5.75 Å². The van der Waals surface area contributed by atoms with E-state index >= 15 is 0 Å². The van der Waals surface area contributed by atoms with Gasteiger partial charge in [0, 0.05) is 7.05 Å². The molecule has 0 spiro atoms. The van der Waals surface area contributed by atoms with Crippen LogP contribution in [0.3, 0.4) is 0 Å². The molecule has 1 aromatic heterocycles. The Morgan fingerprint density at radius 2 is 2.60 bits per heavy atom. The van der Waals surface area contributed by atoms with Crippen LogP contribution in [0.1, 0.15) is 6.42 Å². The third-order valence-electron chi connectivity index (χ3n) is 0.976. The van der Waals surface area contributed by atoms with E-state index in [1.165, 1.54) is 0 Å². The highest BCUT2D eigenvalue weighted by atomic mass is 32.2. The second-order valence-corrected chi connectivity index (χ2v) is 3.05. The van der Waals surface area contributed by atoms with E-state index < -0.39 is 0 Å². The van der Waals surface area contributed by atoms with Crippen molar-refractivity contribution in [3.05, 3.63) is 13.1 Å². The van der Waals surface area contributed by atoms with Crippen molar-refractivity contribution in [1.29, 1.82) is 0 Å². The summed E-state index contributed by atoms with van der Waals surface area (Å²) in [5.74, 6) is 1.01. The lowest BCUT2D eigenvalue weighted by Crippen LogP contribution is -1.85. The molecule has 1 aromatic rings. The smallest absolute Gasteiger partial charge is 0.138 e. The van der Waals surface area contributed by atoms with Gasteiger partial charge >= 0.3 is 0 Å². The number of aromatic nitrogens is 3. The Hall–Kier alpha value is -0.510. The van der Waals surface area contributed by atoms with Crippen molar-refractivity contribution < 1.29 is 0 Å². The molecule has 0 aliphatic carbocycles. The predicted molar refractivity (Wildman–Crippen MR) is 41.7 cm³/mol. The molecule has 0 unspecified atom stereocenters. The molecule has 0 atom stereocenters. The molecule has 0 aliphatic rings. The summed E-state index contributed by atoms with van der Waals surface area (Å²) in [4.78, 5) is 0. The summed E-state index contributed by atoms with van der Waals surface area (Å²) in [5, 5.41) is 8.67. The molecule has 1 heterocycles. The molecule has 0 aromatic carbocycles. The normalized spacial score (nSPS) is 10.2. The summed E-state index contributed by atoms with van der Waals surface area (Å²) in [6.07, 6.45) is 2.83. The van der Waals surface area contributed by atoms with Gasteiger partial charge in [0.15, 0.2) is 0 Å². The fourth-order valence-electron chi connectivity index (χ4n) is 0.569. The molecule has 0 fully saturated rings. The van der Waals surface area contributed by atoms with Crippen LogP contribution in [0.15, 0.2) is 11.2 Å². The molecular weight excluding hydrogens is 146 g/mol. The Kier molecular flexibility index (Phi) is 2.74. The highest BCUT2D eigenvalue weighted by Crippen LogP contribution is 2.13. The van der Waals surface area contributed by atoms with Crippen LogP contribution in [0.5, 0.6) is 0 Å². The van der Waals surface area contributed by atoms with Crippen LogP contribution >= 0.6 is 11.8 Å². The maximum Gasteiger partial charge on any atom is 0.138 e. The highest BCUT2D eigenvalue weighted by Gasteiger charge is 1.95. The van der Waals surface area contributed by atoms with Gasteiger partial charge in [-0.3, -0.25) is 4.68 Å². The van der Waals surface area contributed by atoms with Gasteiger partial charge in [-0.05, 0) is 12.2 Å². The van der Waals surface area contributed by atoms with Gasteiger partial charge in [-0.1, -0.05) is 12.1 Å². The predicted octanol–water partition coefficient (Wildman–Crippen LogP) is 1.13. The Morgan fingerprint density at radius 1 is 1.80 bits per heavy atom. The zero-order valence-corrected chi connectivity index (χ0v) is 6.77. The molecule has 0 aliphatic heterocycles. The fraction of sp³-hybridized carbons (Fsp3) is 0.500. The van der Waals surface area contributed by atoms with E-state index in [4.69, 9.17) is 0 Å². The van der Waals surface area contributed by atoms with Crippen molar-refractivity contribution in [3.63, 3.8) is 0 Å². The highest BCUT2D eigenvalue weighted by molar-refractivity contribution is 7.99. The van der Waals surface area contributed by atoms with Gasteiger partial charge in [0.05, 0.1) is 6.20 Å². The van der Waals surface area contributed by atoms with E-state index in [2.05, 4.69) is 17.2 Å². The summed E-state index contributed by atoms with van der Waals surface area (Å²) in [6, 6.07) is 0. The first-order chi connectivity index (χ1) is 4.83. The summed E-state index contributed by atoms with van der Waals surface area (Å²) >= 11 is 1.68. The van der Waals surface area contributed by atoms with Crippen molar-refractivity contribution in [1.82, 2.24) is 15.0 Å². The minimum absolute atomic E-state index is 0.932. The average molecular weight is 156 g/mol. The van der Waals surface area contributed by atoms with E-state index in [0.717, 1.165) is 17.2 Å². The van der Waals surface area contributed by atoms with E-state index in [1.807, 2.05) is 13.2 Å². The number of thioether (sulfide) groups is 1. The van der Waals surface area contributed by atoms with Gasteiger partial charge in [0.1, 0.15) is 5.03 Å². The molecule has 55 valence electrons. The largest absolute Gasteiger partial charge is 0.254 e. The van der Waals surface area contributed by atoms with Gasteiger partial charge < -0.3 is 0 Å². The Bertz CT molecular complexity index is 197. The zero-order valence-electron chi connectivity index (χ0n) is 5.95. The third kappa shape index (κ3) is 2.02. The van der Waals surface area contributed by atoms with E-state index in [0.29, 0.717) is 0 Å². The van der Waals surface area contributed by atoms with Crippen molar-refractivity contribution in [2.24, 2.45) is 7.05 Å². The van der Waals surface area contributed by atoms with Crippen LogP contribution < -0.4 is 0 Å². The van der Waals surface area contributed by atoms with Crippen LogP contribution in [0.2, 0.25) is 0 Å². The molecule has 1 radical (unpaired) electrons. The number of hydrogen-bond donors (Lipinski definition) is 0. The van der Waals surface area contributed by atoms with E-state index in [-0.39, 0.29) is 0 Å². The first-order valence-corrected chi connectivity index (χ1v) is 4.10. The maximum absolute atomic E-state index is 3.90. The number of aryl methyl sites for hydroxylation is 1. The Balaban J connectivity index is 2.42. The lowest BCUT2D eigenvalue weighted by molar-refractivity contribution is 0.712. The maximum atomic E-state index is 3.90. The second kappa shape index (κ2) is 3.61. The molecule has 4 heteroatoms. The number of nitrogens with zero attached hydrogens (tertiary/aromatic N) is 3. The van der Waals surface area contributed by atoms with Crippen LogP contribution in [0, 0.1) is 6.92 Å². The van der Waals surface area contributed by atoms with Crippen LogP contribution in [-0.4, -0.2) is 20.7 Å². The standard InChI is InChI=1S/C6H10N3S/c1-3-4-10-6-5-9(2)8-7-6/h5H,1,3-4H2,2H3. The molecule has 0 saturated heterocycles. The van der Waals surface area contributed by atoms with Gasteiger partial charge in [0.2, 0.25) is 0 Å². The van der Waals surface area contributed by atoms with Gasteiger partial charge in [-0.2, -0.15) is 0 Å². The Labute approximate surface area is 64.8 Å². The van der Waals surface area contributed by atoms with Gasteiger partial charge in [0.25, 0.3) is 0 Å². The second-order valence-electron chi connectivity index (χ2n) is 1.93. The molecule has 10 heavy (non-hydrogen) atoms. The van der Waals surface area contributed by atoms with Crippen LogP contribution in [0.25, 0.3) is 0 Å². The zero-order chi connectivity index (χ0) is 7.40. The first-order valence-electron chi connectivity index (χ1n) is 3.11. The number of hydrogen-bond acceptors (Lipinski definition) is 3. The van der Waals surface area contributed by atoms with Crippen molar-refractivity contribution in [3.8, 4) is 0 Å². The minimum atomic E-state index is 0.932. The average Bonchev–Trinajstić information content (AvgIpc) is 2.31. The lowest BCUT2D eigenvalue weighted by Gasteiger charge is -1.88.